The molecule has 0 amide bonds. The maximum absolute atomic E-state index is 10.5. The van der Waals surface area contributed by atoms with Gasteiger partial charge in [0.2, 0.25) is 0 Å². The van der Waals surface area contributed by atoms with Gasteiger partial charge >= 0.3 is 5.97 Å². The summed E-state index contributed by atoms with van der Waals surface area (Å²) in [5.41, 5.74) is 0. The Balaban J connectivity index is 1.88. The highest BCUT2D eigenvalue weighted by molar-refractivity contribution is 7.99. The van der Waals surface area contributed by atoms with Crippen molar-refractivity contribution in [1.82, 2.24) is 9.78 Å². The van der Waals surface area contributed by atoms with Crippen molar-refractivity contribution in [1.29, 1.82) is 0 Å². The van der Waals surface area contributed by atoms with Gasteiger partial charge in [-0.15, -0.1) is 0 Å². The summed E-state index contributed by atoms with van der Waals surface area (Å²) in [6.45, 7) is -0.122. The van der Waals surface area contributed by atoms with Crippen LogP contribution in [0.5, 0.6) is 5.75 Å². The number of aromatic nitrogens is 2. The van der Waals surface area contributed by atoms with Gasteiger partial charge in [-0.2, -0.15) is 16.9 Å². The molecule has 0 saturated carbocycles. The molecule has 1 atom stereocenters. The third kappa shape index (κ3) is 3.16. The van der Waals surface area contributed by atoms with Crippen LogP contribution >= 0.6 is 11.8 Å². The Hall–Kier alpha value is -1.17. The number of carboxylic acids is 1. The largest absolute Gasteiger partial charge is 0.486 e. The third-order valence-corrected chi connectivity index (χ3v) is 3.51. The minimum atomic E-state index is -0.900. The fourth-order valence-corrected chi connectivity index (χ4v) is 2.66. The number of hydrogen-bond donors (Lipinski definition) is 1. The highest BCUT2D eigenvalue weighted by atomic mass is 32.2. The molecule has 1 fully saturated rings. The molecule has 0 aromatic carbocycles. The molecule has 1 aliphatic heterocycles. The van der Waals surface area contributed by atoms with Crippen LogP contribution < -0.4 is 4.74 Å². The normalized spacial score (nSPS) is 20.6. The average molecular weight is 242 g/mol. The van der Waals surface area contributed by atoms with Crippen molar-refractivity contribution in [3.8, 4) is 5.75 Å². The first-order valence-corrected chi connectivity index (χ1v) is 6.38. The maximum atomic E-state index is 10.5. The van der Waals surface area contributed by atoms with E-state index in [1.165, 1.54) is 16.9 Å². The zero-order chi connectivity index (χ0) is 11.4. The van der Waals surface area contributed by atoms with Crippen LogP contribution in [0.2, 0.25) is 0 Å². The summed E-state index contributed by atoms with van der Waals surface area (Å²) in [6.07, 6.45) is 5.69. The van der Waals surface area contributed by atoms with Gasteiger partial charge in [0.25, 0.3) is 0 Å². The van der Waals surface area contributed by atoms with Gasteiger partial charge in [0.15, 0.2) is 5.75 Å². The van der Waals surface area contributed by atoms with Gasteiger partial charge in [-0.3, -0.25) is 9.48 Å². The number of nitrogens with zero attached hydrogens (tertiary/aromatic N) is 2. The summed E-state index contributed by atoms with van der Waals surface area (Å²) in [6, 6.07) is 0. The second kappa shape index (κ2) is 5.25. The topological polar surface area (TPSA) is 64.3 Å². The lowest BCUT2D eigenvalue weighted by molar-refractivity contribution is -0.137. The molecule has 88 valence electrons. The molecule has 1 aromatic heterocycles. The quantitative estimate of drug-likeness (QED) is 0.860. The Morgan fingerprint density at radius 2 is 2.62 bits per heavy atom. The Morgan fingerprint density at radius 1 is 1.75 bits per heavy atom. The molecule has 1 unspecified atom stereocenters. The molecule has 5 nitrogen and oxygen atoms in total. The van der Waals surface area contributed by atoms with Crippen molar-refractivity contribution in [2.45, 2.75) is 25.5 Å². The van der Waals surface area contributed by atoms with E-state index in [9.17, 15) is 4.79 Å². The second-order valence-corrected chi connectivity index (χ2v) is 4.87. The molecular weight excluding hydrogens is 228 g/mol. The number of thioether (sulfide) groups is 1. The number of carboxylic acid groups (broad SMARTS) is 1. The highest BCUT2D eigenvalue weighted by Crippen LogP contribution is 2.22. The van der Waals surface area contributed by atoms with Crippen molar-refractivity contribution in [2.24, 2.45) is 0 Å². The minimum absolute atomic E-state index is 0.122. The third-order valence-electron chi connectivity index (χ3n) is 2.33. The van der Waals surface area contributed by atoms with E-state index in [1.807, 2.05) is 11.8 Å². The van der Waals surface area contributed by atoms with Gasteiger partial charge in [-0.1, -0.05) is 0 Å². The van der Waals surface area contributed by atoms with E-state index in [0.717, 1.165) is 12.2 Å². The minimum Gasteiger partial charge on any atom is -0.486 e. The Labute approximate surface area is 97.8 Å². The van der Waals surface area contributed by atoms with E-state index in [4.69, 9.17) is 9.84 Å². The highest BCUT2D eigenvalue weighted by Gasteiger charge is 2.16. The molecule has 16 heavy (non-hydrogen) atoms. The first-order valence-electron chi connectivity index (χ1n) is 5.22. The van der Waals surface area contributed by atoms with Crippen molar-refractivity contribution >= 4 is 17.7 Å². The van der Waals surface area contributed by atoms with Gasteiger partial charge in [0.1, 0.15) is 12.6 Å². The number of hydrogen-bond acceptors (Lipinski definition) is 4. The Kier molecular flexibility index (Phi) is 3.71. The molecule has 6 heteroatoms. The molecule has 0 radical (unpaired) electrons. The zero-order valence-corrected chi connectivity index (χ0v) is 9.65. The van der Waals surface area contributed by atoms with Crippen LogP contribution in [0.3, 0.4) is 0 Å². The van der Waals surface area contributed by atoms with Crippen LogP contribution in [-0.4, -0.2) is 38.5 Å². The molecule has 0 aliphatic carbocycles. The standard InChI is InChI=1S/C10H14N2O3S/c13-10(14)6-12-5-9(4-11-12)15-8-2-1-3-16-7-8/h4-5,8H,1-3,6-7H2,(H,13,14). The summed E-state index contributed by atoms with van der Waals surface area (Å²) >= 11 is 1.89. The molecule has 0 spiro atoms. The van der Waals surface area contributed by atoms with Gasteiger partial charge in [0, 0.05) is 5.75 Å². The van der Waals surface area contributed by atoms with Gasteiger partial charge < -0.3 is 9.84 Å². The predicted octanol–water partition coefficient (Wildman–Crippen LogP) is 1.24. The van der Waals surface area contributed by atoms with Crippen LogP contribution in [0, 0.1) is 0 Å². The van der Waals surface area contributed by atoms with Crippen LogP contribution in [0.25, 0.3) is 0 Å². The fraction of sp³-hybridized carbons (Fsp3) is 0.600. The SMILES string of the molecule is O=C(O)Cn1cc(OC2CCCSC2)cn1. The summed E-state index contributed by atoms with van der Waals surface area (Å²) in [5.74, 6) is 1.97. The Morgan fingerprint density at radius 3 is 3.31 bits per heavy atom. The van der Waals surface area contributed by atoms with Crippen LogP contribution in [0.15, 0.2) is 12.4 Å². The number of rotatable bonds is 4. The van der Waals surface area contributed by atoms with Crippen molar-refractivity contribution in [2.75, 3.05) is 11.5 Å². The molecule has 1 N–H and O–H groups in total. The molecule has 1 aliphatic rings. The molecule has 1 saturated heterocycles. The zero-order valence-electron chi connectivity index (χ0n) is 8.83. The molecule has 2 heterocycles. The van der Waals surface area contributed by atoms with Crippen LogP contribution in [0.4, 0.5) is 0 Å². The molecule has 2 rings (SSSR count). The maximum Gasteiger partial charge on any atom is 0.325 e. The fourth-order valence-electron chi connectivity index (χ4n) is 1.63. The summed E-state index contributed by atoms with van der Waals surface area (Å²) in [4.78, 5) is 10.5. The number of carbonyl (C=O) groups is 1. The van der Waals surface area contributed by atoms with Gasteiger partial charge in [-0.05, 0) is 18.6 Å². The van der Waals surface area contributed by atoms with E-state index in [1.54, 1.807) is 12.4 Å². The smallest absolute Gasteiger partial charge is 0.325 e. The molecular formula is C10H14N2O3S. The first kappa shape index (κ1) is 11.3. The molecule has 1 aromatic rings. The van der Waals surface area contributed by atoms with Crippen molar-refractivity contribution < 1.29 is 14.6 Å². The first-order chi connectivity index (χ1) is 7.74. The van der Waals surface area contributed by atoms with Crippen molar-refractivity contribution in [3.63, 3.8) is 0 Å². The lowest BCUT2D eigenvalue weighted by Crippen LogP contribution is -2.23. The number of aliphatic carboxylic acids is 1. The predicted molar refractivity (Wildman–Crippen MR) is 60.8 cm³/mol. The lowest BCUT2D eigenvalue weighted by Gasteiger charge is -2.21. The van der Waals surface area contributed by atoms with E-state index in [2.05, 4.69) is 5.10 Å². The van der Waals surface area contributed by atoms with Crippen LogP contribution in [-0.2, 0) is 11.3 Å². The Bertz CT molecular complexity index is 361. The summed E-state index contributed by atoms with van der Waals surface area (Å²) in [7, 11) is 0. The molecule has 0 bridgehead atoms. The van der Waals surface area contributed by atoms with Gasteiger partial charge in [0.05, 0.1) is 12.4 Å². The van der Waals surface area contributed by atoms with Crippen molar-refractivity contribution in [3.05, 3.63) is 12.4 Å². The summed E-state index contributed by atoms with van der Waals surface area (Å²) in [5, 5.41) is 12.5. The van der Waals surface area contributed by atoms with E-state index in [-0.39, 0.29) is 12.6 Å². The van der Waals surface area contributed by atoms with E-state index < -0.39 is 5.97 Å². The number of ether oxygens (including phenoxy) is 1. The monoisotopic (exact) mass is 242 g/mol. The van der Waals surface area contributed by atoms with Crippen LogP contribution in [0.1, 0.15) is 12.8 Å². The summed E-state index contributed by atoms with van der Waals surface area (Å²) < 4.78 is 7.09. The lowest BCUT2D eigenvalue weighted by atomic mass is 10.2. The second-order valence-electron chi connectivity index (χ2n) is 3.72. The average Bonchev–Trinajstić information content (AvgIpc) is 2.66. The van der Waals surface area contributed by atoms with Gasteiger partial charge in [-0.25, -0.2) is 0 Å². The van der Waals surface area contributed by atoms with E-state index in [0.29, 0.717) is 5.75 Å². The van der Waals surface area contributed by atoms with E-state index >= 15 is 0 Å².